The highest BCUT2D eigenvalue weighted by atomic mass is 16.4. The highest BCUT2D eigenvalue weighted by Crippen LogP contribution is 2.19. The van der Waals surface area contributed by atoms with Crippen molar-refractivity contribution < 1.29 is 14.7 Å². The number of carboxylic acid groups (broad SMARTS) is 1. The number of carboxylic acids is 1. The van der Waals surface area contributed by atoms with Crippen molar-refractivity contribution in [1.29, 1.82) is 0 Å². The molecular weight excluding hydrogens is 200 g/mol. The fourth-order valence-electron chi connectivity index (χ4n) is 1.57. The van der Waals surface area contributed by atoms with E-state index in [0.717, 1.165) is 0 Å². The average Bonchev–Trinajstić information content (AvgIpc) is 2.71. The number of nitrogens with zero attached hydrogens (tertiary/aromatic N) is 2. The standard InChI is InChI=1S/C8H10N4O3/c9-4-3-12(11-6(4)8(14)15)5-1-2-10-7(5)13/h3,5H,1-2,9H2,(H,10,13)(H,14,15). The first kappa shape index (κ1) is 9.50. The Morgan fingerprint density at radius 3 is 2.93 bits per heavy atom. The molecule has 1 atom stereocenters. The van der Waals surface area contributed by atoms with E-state index in [0.29, 0.717) is 13.0 Å². The first-order chi connectivity index (χ1) is 7.09. The van der Waals surface area contributed by atoms with Gasteiger partial charge in [-0.15, -0.1) is 0 Å². The molecule has 1 saturated heterocycles. The van der Waals surface area contributed by atoms with E-state index in [9.17, 15) is 9.59 Å². The minimum Gasteiger partial charge on any atom is -0.476 e. The van der Waals surface area contributed by atoms with Gasteiger partial charge >= 0.3 is 5.97 Å². The molecule has 1 unspecified atom stereocenters. The molecule has 2 rings (SSSR count). The molecule has 4 N–H and O–H groups in total. The van der Waals surface area contributed by atoms with Crippen LogP contribution in [0.3, 0.4) is 0 Å². The lowest BCUT2D eigenvalue weighted by atomic mass is 10.2. The van der Waals surface area contributed by atoms with Gasteiger partial charge in [0.1, 0.15) is 6.04 Å². The Kier molecular flexibility index (Phi) is 2.07. The Bertz CT molecular complexity index is 426. The molecule has 1 fully saturated rings. The topological polar surface area (TPSA) is 110 Å². The quantitative estimate of drug-likeness (QED) is 0.593. The second-order valence-electron chi connectivity index (χ2n) is 3.31. The van der Waals surface area contributed by atoms with Crippen LogP contribution in [0.5, 0.6) is 0 Å². The maximum Gasteiger partial charge on any atom is 0.358 e. The Labute approximate surface area is 84.9 Å². The summed E-state index contributed by atoms with van der Waals surface area (Å²) in [6, 6.07) is -0.444. The van der Waals surface area contributed by atoms with E-state index < -0.39 is 12.0 Å². The molecular formula is C8H10N4O3. The molecule has 0 radical (unpaired) electrons. The summed E-state index contributed by atoms with van der Waals surface area (Å²) in [5, 5.41) is 15.1. The van der Waals surface area contributed by atoms with Crippen LogP contribution in [0.1, 0.15) is 23.0 Å². The lowest BCUT2D eigenvalue weighted by molar-refractivity contribution is -0.122. The molecule has 0 saturated carbocycles. The van der Waals surface area contributed by atoms with Crippen LogP contribution in [0.2, 0.25) is 0 Å². The number of nitrogens with two attached hydrogens (primary N) is 1. The van der Waals surface area contributed by atoms with Gasteiger partial charge in [-0.1, -0.05) is 0 Å². The van der Waals surface area contributed by atoms with Gasteiger partial charge in [-0.05, 0) is 6.42 Å². The van der Waals surface area contributed by atoms with Gasteiger partial charge < -0.3 is 16.2 Å². The van der Waals surface area contributed by atoms with Crippen LogP contribution in [0, 0.1) is 0 Å². The molecule has 2 heterocycles. The number of carbonyl (C=O) groups excluding carboxylic acids is 1. The smallest absolute Gasteiger partial charge is 0.358 e. The lowest BCUT2D eigenvalue weighted by Crippen LogP contribution is -2.22. The third-order valence-electron chi connectivity index (χ3n) is 2.30. The van der Waals surface area contributed by atoms with Crippen molar-refractivity contribution in [2.45, 2.75) is 12.5 Å². The largest absolute Gasteiger partial charge is 0.476 e. The van der Waals surface area contributed by atoms with Gasteiger partial charge in [0, 0.05) is 12.7 Å². The van der Waals surface area contributed by atoms with Crippen LogP contribution in [0.15, 0.2) is 6.20 Å². The highest BCUT2D eigenvalue weighted by Gasteiger charge is 2.28. The SMILES string of the molecule is Nc1cn(C2CCNC2=O)nc1C(=O)O. The number of rotatable bonds is 2. The Morgan fingerprint density at radius 2 is 2.47 bits per heavy atom. The van der Waals surface area contributed by atoms with Crippen LogP contribution < -0.4 is 11.1 Å². The third-order valence-corrected chi connectivity index (χ3v) is 2.30. The number of nitrogens with one attached hydrogen (secondary N) is 1. The summed E-state index contributed by atoms with van der Waals surface area (Å²) in [6.45, 7) is 0.575. The van der Waals surface area contributed by atoms with Crippen molar-refractivity contribution in [3.8, 4) is 0 Å². The molecule has 1 aliphatic rings. The van der Waals surface area contributed by atoms with Crippen LogP contribution in [0.4, 0.5) is 5.69 Å². The van der Waals surface area contributed by atoms with E-state index in [4.69, 9.17) is 10.8 Å². The van der Waals surface area contributed by atoms with Crippen LogP contribution >= 0.6 is 0 Å². The van der Waals surface area contributed by atoms with Crippen molar-refractivity contribution in [2.75, 3.05) is 12.3 Å². The maximum absolute atomic E-state index is 11.3. The first-order valence-corrected chi connectivity index (χ1v) is 4.45. The minimum absolute atomic E-state index is 0.0715. The second kappa shape index (κ2) is 3.26. The molecule has 0 bridgehead atoms. The van der Waals surface area contributed by atoms with Gasteiger partial charge in [0.25, 0.3) is 0 Å². The number of aromatic nitrogens is 2. The molecule has 1 aliphatic heterocycles. The number of amides is 1. The van der Waals surface area contributed by atoms with Gasteiger partial charge in [0.05, 0.1) is 5.69 Å². The molecule has 0 aromatic carbocycles. The molecule has 15 heavy (non-hydrogen) atoms. The predicted molar refractivity (Wildman–Crippen MR) is 50.3 cm³/mol. The molecule has 7 nitrogen and oxygen atoms in total. The normalized spacial score (nSPS) is 20.3. The van der Waals surface area contributed by atoms with Crippen molar-refractivity contribution in [3.05, 3.63) is 11.9 Å². The van der Waals surface area contributed by atoms with Gasteiger partial charge in [-0.25, -0.2) is 4.79 Å². The van der Waals surface area contributed by atoms with Gasteiger partial charge in [-0.2, -0.15) is 5.10 Å². The molecule has 7 heteroatoms. The van der Waals surface area contributed by atoms with Crippen molar-refractivity contribution in [2.24, 2.45) is 0 Å². The summed E-state index contributed by atoms with van der Waals surface area (Å²) in [7, 11) is 0. The summed E-state index contributed by atoms with van der Waals surface area (Å²) in [5.41, 5.74) is 5.32. The van der Waals surface area contributed by atoms with E-state index >= 15 is 0 Å². The van der Waals surface area contributed by atoms with Gasteiger partial charge in [0.2, 0.25) is 5.91 Å². The summed E-state index contributed by atoms with van der Waals surface area (Å²) in [6.07, 6.45) is 1.97. The van der Waals surface area contributed by atoms with E-state index in [1.54, 1.807) is 0 Å². The zero-order valence-corrected chi connectivity index (χ0v) is 7.80. The lowest BCUT2D eigenvalue weighted by Gasteiger charge is -2.05. The number of nitrogen functional groups attached to an aromatic ring is 1. The van der Waals surface area contributed by atoms with Gasteiger partial charge in [-0.3, -0.25) is 9.48 Å². The Hall–Kier alpha value is -2.05. The van der Waals surface area contributed by atoms with Crippen molar-refractivity contribution in [1.82, 2.24) is 15.1 Å². The van der Waals surface area contributed by atoms with Gasteiger partial charge in [0.15, 0.2) is 5.69 Å². The molecule has 80 valence electrons. The molecule has 0 spiro atoms. The molecule has 1 aromatic heterocycles. The minimum atomic E-state index is -1.19. The maximum atomic E-state index is 11.3. The zero-order valence-electron chi connectivity index (χ0n) is 7.80. The zero-order chi connectivity index (χ0) is 11.0. The number of hydrogen-bond acceptors (Lipinski definition) is 4. The monoisotopic (exact) mass is 210 g/mol. The molecule has 1 amide bonds. The van der Waals surface area contributed by atoms with Crippen molar-refractivity contribution >= 4 is 17.6 Å². The van der Waals surface area contributed by atoms with Crippen LogP contribution in [0.25, 0.3) is 0 Å². The number of aromatic carboxylic acids is 1. The fourth-order valence-corrected chi connectivity index (χ4v) is 1.57. The highest BCUT2D eigenvalue weighted by molar-refractivity contribution is 5.91. The molecule has 0 aliphatic carbocycles. The number of hydrogen-bond donors (Lipinski definition) is 3. The van der Waals surface area contributed by atoms with Crippen LogP contribution in [-0.4, -0.2) is 33.3 Å². The van der Waals surface area contributed by atoms with E-state index in [1.807, 2.05) is 0 Å². The summed E-state index contributed by atoms with van der Waals surface area (Å²) in [5.74, 6) is -1.35. The number of carbonyl (C=O) groups is 2. The Balaban J connectivity index is 2.33. The fraction of sp³-hybridized carbons (Fsp3) is 0.375. The predicted octanol–water partition coefficient (Wildman–Crippen LogP) is -0.775. The van der Waals surface area contributed by atoms with E-state index in [2.05, 4.69) is 10.4 Å². The van der Waals surface area contributed by atoms with Crippen molar-refractivity contribution in [3.63, 3.8) is 0 Å². The average molecular weight is 210 g/mol. The van der Waals surface area contributed by atoms with Crippen LogP contribution in [-0.2, 0) is 4.79 Å². The third kappa shape index (κ3) is 1.51. The summed E-state index contributed by atoms with van der Waals surface area (Å²) >= 11 is 0. The second-order valence-corrected chi connectivity index (χ2v) is 3.31. The Morgan fingerprint density at radius 1 is 1.73 bits per heavy atom. The summed E-state index contributed by atoms with van der Waals surface area (Å²) < 4.78 is 1.31. The first-order valence-electron chi connectivity index (χ1n) is 4.45. The van der Waals surface area contributed by atoms with E-state index in [1.165, 1.54) is 10.9 Å². The van der Waals surface area contributed by atoms with E-state index in [-0.39, 0.29) is 17.3 Å². The summed E-state index contributed by atoms with van der Waals surface area (Å²) in [4.78, 5) is 22.0. The number of anilines is 1. The molecule has 1 aromatic rings.